The van der Waals surface area contributed by atoms with Gasteiger partial charge in [-0.25, -0.2) is 4.98 Å². The molecule has 0 saturated heterocycles. The average molecular weight is 551 g/mol. The molecule has 0 spiro atoms. The number of alkyl halides is 3. The standard InChI is InChI=1S/C22H21F3N8O4S/c1-5-31-8-13(10(3)29-31)12-7-14(22(23,24)25)27-21-16(12)17(18(38-21)19(26)34)28-20(35)11(4)32-9(2)6-15(30-32)33(36)37/h6-8,11H,5H2,1-4H3,(H2,26,34)(H,28,35). The highest BCUT2D eigenvalue weighted by Crippen LogP contribution is 2.44. The molecule has 0 aromatic carbocycles. The van der Waals surface area contributed by atoms with Gasteiger partial charge in [0.1, 0.15) is 21.4 Å². The fraction of sp³-hybridized carbons (Fsp3) is 0.318. The molecule has 0 fully saturated rings. The molecule has 16 heteroatoms. The average Bonchev–Trinajstić information content (AvgIpc) is 3.52. The van der Waals surface area contributed by atoms with Gasteiger partial charge in [0.2, 0.25) is 0 Å². The Hall–Kier alpha value is -4.34. The number of hydrogen-bond acceptors (Lipinski definition) is 8. The number of thiophene rings is 1. The Balaban J connectivity index is 1.92. The van der Waals surface area contributed by atoms with Gasteiger partial charge in [-0.2, -0.15) is 23.0 Å². The summed E-state index contributed by atoms with van der Waals surface area (Å²) < 4.78 is 43.9. The molecule has 4 aromatic rings. The van der Waals surface area contributed by atoms with Crippen molar-refractivity contribution in [2.75, 3.05) is 5.32 Å². The molecule has 200 valence electrons. The van der Waals surface area contributed by atoms with Gasteiger partial charge in [-0.3, -0.25) is 14.3 Å². The van der Waals surface area contributed by atoms with Crippen LogP contribution in [0.15, 0.2) is 18.3 Å². The molecular formula is C22H21F3N8O4S. The van der Waals surface area contributed by atoms with Crippen molar-refractivity contribution in [3.05, 3.63) is 50.4 Å². The predicted octanol–water partition coefficient (Wildman–Crippen LogP) is 4.22. The van der Waals surface area contributed by atoms with Gasteiger partial charge in [0.15, 0.2) is 0 Å². The molecule has 1 unspecified atom stereocenters. The number of anilines is 1. The van der Waals surface area contributed by atoms with Crippen LogP contribution in [0.4, 0.5) is 24.7 Å². The Morgan fingerprint density at radius 3 is 2.45 bits per heavy atom. The Morgan fingerprint density at radius 2 is 1.92 bits per heavy atom. The fourth-order valence-corrected chi connectivity index (χ4v) is 4.99. The van der Waals surface area contributed by atoms with Crippen molar-refractivity contribution in [2.45, 2.75) is 46.5 Å². The van der Waals surface area contributed by atoms with Gasteiger partial charge in [-0.1, -0.05) is 0 Å². The maximum Gasteiger partial charge on any atom is 0.433 e. The number of aromatic nitrogens is 5. The van der Waals surface area contributed by atoms with Gasteiger partial charge in [0.25, 0.3) is 11.8 Å². The molecule has 0 saturated carbocycles. The number of rotatable bonds is 7. The summed E-state index contributed by atoms with van der Waals surface area (Å²) in [7, 11) is 0. The number of nitrogens with two attached hydrogens (primary N) is 1. The first kappa shape index (κ1) is 26.7. The van der Waals surface area contributed by atoms with Crippen LogP contribution < -0.4 is 11.1 Å². The van der Waals surface area contributed by atoms with Gasteiger partial charge < -0.3 is 21.2 Å². The summed E-state index contributed by atoms with van der Waals surface area (Å²) in [5.74, 6) is -2.18. The Labute approximate surface area is 216 Å². The van der Waals surface area contributed by atoms with Gasteiger partial charge in [0.05, 0.1) is 28.2 Å². The number of aryl methyl sites for hydroxylation is 3. The van der Waals surface area contributed by atoms with Crippen molar-refractivity contribution < 1.29 is 27.7 Å². The third kappa shape index (κ3) is 4.69. The van der Waals surface area contributed by atoms with Crippen molar-refractivity contribution in [2.24, 2.45) is 5.73 Å². The number of hydrogen-bond donors (Lipinski definition) is 2. The van der Waals surface area contributed by atoms with Crippen LogP contribution in [0.5, 0.6) is 0 Å². The molecule has 38 heavy (non-hydrogen) atoms. The van der Waals surface area contributed by atoms with E-state index in [0.29, 0.717) is 34.8 Å². The van der Waals surface area contributed by atoms with E-state index in [2.05, 4.69) is 20.5 Å². The summed E-state index contributed by atoms with van der Waals surface area (Å²) in [5.41, 5.74) is 5.37. The van der Waals surface area contributed by atoms with Crippen molar-refractivity contribution in [3.63, 3.8) is 0 Å². The van der Waals surface area contributed by atoms with Crippen LogP contribution in [0.2, 0.25) is 0 Å². The molecule has 0 bridgehead atoms. The number of carbonyl (C=O) groups excluding carboxylic acids is 2. The van der Waals surface area contributed by atoms with Gasteiger partial charge in [-0.15, -0.1) is 11.3 Å². The summed E-state index contributed by atoms with van der Waals surface area (Å²) in [6.07, 6.45) is -3.23. The molecule has 0 aliphatic rings. The smallest absolute Gasteiger partial charge is 0.365 e. The minimum absolute atomic E-state index is 0.0529. The number of nitro groups is 1. The second-order valence-corrected chi connectivity index (χ2v) is 9.40. The SMILES string of the molecule is CCn1cc(-c2cc(C(F)(F)F)nc3sc(C(N)=O)c(NC(=O)C(C)n4nc([N+](=O)[O-])cc4C)c23)c(C)n1. The first-order valence-corrected chi connectivity index (χ1v) is 11.9. The minimum atomic E-state index is -4.79. The van der Waals surface area contributed by atoms with Crippen LogP contribution in [0.1, 0.15) is 46.6 Å². The zero-order valence-corrected chi connectivity index (χ0v) is 21.3. The van der Waals surface area contributed by atoms with Crippen LogP contribution in [-0.4, -0.2) is 41.3 Å². The topological polar surface area (TPSA) is 164 Å². The second-order valence-electron chi connectivity index (χ2n) is 8.40. The summed E-state index contributed by atoms with van der Waals surface area (Å²) in [5, 5.41) is 21.9. The molecule has 0 radical (unpaired) electrons. The lowest BCUT2D eigenvalue weighted by Crippen LogP contribution is -2.26. The number of amides is 2. The quantitative estimate of drug-likeness (QED) is 0.257. The van der Waals surface area contributed by atoms with E-state index in [4.69, 9.17) is 5.73 Å². The third-order valence-electron chi connectivity index (χ3n) is 5.83. The second kappa shape index (κ2) is 9.51. The van der Waals surface area contributed by atoms with E-state index in [1.54, 1.807) is 17.8 Å². The molecule has 1 atom stereocenters. The molecule has 12 nitrogen and oxygen atoms in total. The lowest BCUT2D eigenvalue weighted by molar-refractivity contribution is -0.389. The zero-order chi connectivity index (χ0) is 28.1. The first-order chi connectivity index (χ1) is 17.7. The number of carbonyl (C=O) groups is 2. The summed E-state index contributed by atoms with van der Waals surface area (Å²) in [6, 6.07) is 0.937. The van der Waals surface area contributed by atoms with E-state index in [9.17, 15) is 32.9 Å². The number of primary amides is 1. The molecule has 3 N–H and O–H groups in total. The first-order valence-electron chi connectivity index (χ1n) is 11.1. The largest absolute Gasteiger partial charge is 0.433 e. The summed E-state index contributed by atoms with van der Waals surface area (Å²) in [4.78, 5) is 39.3. The highest BCUT2D eigenvalue weighted by atomic mass is 32.1. The third-order valence-corrected chi connectivity index (χ3v) is 6.93. The Bertz CT molecular complexity index is 1600. The van der Waals surface area contributed by atoms with Crippen LogP contribution in [0.3, 0.4) is 0 Å². The van der Waals surface area contributed by atoms with E-state index < -0.39 is 40.5 Å². The van der Waals surface area contributed by atoms with Crippen LogP contribution in [-0.2, 0) is 17.5 Å². The van der Waals surface area contributed by atoms with Gasteiger partial charge in [-0.05, 0) is 44.2 Å². The van der Waals surface area contributed by atoms with Crippen LogP contribution in [0.25, 0.3) is 21.3 Å². The molecule has 4 aromatic heterocycles. The minimum Gasteiger partial charge on any atom is -0.365 e. The van der Waals surface area contributed by atoms with E-state index >= 15 is 0 Å². The normalized spacial score (nSPS) is 12.6. The Kier molecular flexibility index (Phi) is 6.69. The van der Waals surface area contributed by atoms with E-state index in [0.717, 1.165) is 10.7 Å². The zero-order valence-electron chi connectivity index (χ0n) is 20.5. The number of pyridine rings is 1. The van der Waals surface area contributed by atoms with Crippen molar-refractivity contribution >= 4 is 44.9 Å². The Morgan fingerprint density at radius 1 is 1.24 bits per heavy atom. The van der Waals surface area contributed by atoms with Crippen LogP contribution in [0, 0.1) is 24.0 Å². The lowest BCUT2D eigenvalue weighted by Gasteiger charge is -2.14. The van der Waals surface area contributed by atoms with Crippen molar-refractivity contribution in [1.29, 1.82) is 0 Å². The molecule has 2 amide bonds. The fourth-order valence-electron chi connectivity index (χ4n) is 3.98. The maximum atomic E-state index is 13.8. The molecular weight excluding hydrogens is 529 g/mol. The van der Waals surface area contributed by atoms with E-state index in [-0.39, 0.29) is 26.3 Å². The van der Waals surface area contributed by atoms with Crippen LogP contribution >= 0.6 is 11.3 Å². The summed E-state index contributed by atoms with van der Waals surface area (Å²) in [6.45, 7) is 6.83. The molecule has 0 aliphatic carbocycles. The monoisotopic (exact) mass is 550 g/mol. The highest BCUT2D eigenvalue weighted by molar-refractivity contribution is 7.21. The van der Waals surface area contributed by atoms with Gasteiger partial charge >= 0.3 is 12.0 Å². The van der Waals surface area contributed by atoms with E-state index in [1.807, 2.05) is 6.92 Å². The molecule has 0 aliphatic heterocycles. The molecule has 4 heterocycles. The number of nitrogens with zero attached hydrogens (tertiary/aromatic N) is 6. The molecule has 4 rings (SSSR count). The lowest BCUT2D eigenvalue weighted by atomic mass is 10.0. The highest BCUT2D eigenvalue weighted by Gasteiger charge is 2.36. The number of fused-ring (bicyclic) bond motifs is 1. The predicted molar refractivity (Wildman–Crippen MR) is 132 cm³/mol. The van der Waals surface area contributed by atoms with Crippen molar-refractivity contribution in [3.8, 4) is 11.1 Å². The summed E-state index contributed by atoms with van der Waals surface area (Å²) >= 11 is 0.611. The number of nitrogens with one attached hydrogen (secondary N) is 1. The van der Waals surface area contributed by atoms with Crippen molar-refractivity contribution in [1.82, 2.24) is 24.5 Å². The number of halogens is 3. The van der Waals surface area contributed by atoms with E-state index in [1.165, 1.54) is 19.9 Å². The maximum absolute atomic E-state index is 13.8. The van der Waals surface area contributed by atoms with Gasteiger partial charge in [0, 0.05) is 23.7 Å².